The molecule has 0 unspecified atom stereocenters. The van der Waals surface area contributed by atoms with Gasteiger partial charge < -0.3 is 4.43 Å². The Bertz CT molecular complexity index is 297. The number of hydrogen-bond acceptors (Lipinski definition) is 2. The van der Waals surface area contributed by atoms with Crippen molar-refractivity contribution in [1.82, 2.24) is 0 Å². The quantitative estimate of drug-likeness (QED) is 0.675. The van der Waals surface area contributed by atoms with Gasteiger partial charge >= 0.3 is 0 Å². The standard InChI is InChI=1S/C12H22O2Si/c1-9-7-10(8-11(9)13)14-15(5,6)12(2,3)4/h7,10H,8H2,1-6H3/t10-/m1/s1. The van der Waals surface area contributed by atoms with Gasteiger partial charge in [0.2, 0.25) is 0 Å². The van der Waals surface area contributed by atoms with Crippen molar-refractivity contribution >= 4 is 14.1 Å². The molecule has 0 aliphatic heterocycles. The molecule has 1 aliphatic rings. The van der Waals surface area contributed by atoms with Gasteiger partial charge in [-0.1, -0.05) is 26.8 Å². The van der Waals surface area contributed by atoms with Crippen LogP contribution in [0.5, 0.6) is 0 Å². The highest BCUT2D eigenvalue weighted by Gasteiger charge is 2.40. The van der Waals surface area contributed by atoms with E-state index in [0.29, 0.717) is 6.42 Å². The Hall–Kier alpha value is -0.413. The fourth-order valence-electron chi connectivity index (χ4n) is 1.41. The third kappa shape index (κ3) is 2.79. The van der Waals surface area contributed by atoms with E-state index in [4.69, 9.17) is 4.43 Å². The zero-order valence-corrected chi connectivity index (χ0v) is 11.7. The highest BCUT2D eigenvalue weighted by Crippen LogP contribution is 2.38. The molecule has 0 radical (unpaired) electrons. The first-order valence-electron chi connectivity index (χ1n) is 5.53. The summed E-state index contributed by atoms with van der Waals surface area (Å²) in [5, 5.41) is 0.209. The maximum absolute atomic E-state index is 11.4. The maximum Gasteiger partial charge on any atom is 0.192 e. The summed E-state index contributed by atoms with van der Waals surface area (Å²) in [7, 11) is -1.73. The summed E-state index contributed by atoms with van der Waals surface area (Å²) in [6, 6.07) is 0. The number of allylic oxidation sites excluding steroid dienone is 1. The number of hydrogen-bond donors (Lipinski definition) is 0. The van der Waals surface area contributed by atoms with Crippen LogP contribution >= 0.6 is 0 Å². The van der Waals surface area contributed by atoms with Crippen molar-refractivity contribution in [3.63, 3.8) is 0 Å². The monoisotopic (exact) mass is 226 g/mol. The smallest absolute Gasteiger partial charge is 0.192 e. The van der Waals surface area contributed by atoms with Gasteiger partial charge in [0.05, 0.1) is 6.10 Å². The van der Waals surface area contributed by atoms with E-state index in [9.17, 15) is 4.79 Å². The predicted octanol–water partition coefficient (Wildman–Crippen LogP) is 3.30. The molecule has 0 fully saturated rings. The van der Waals surface area contributed by atoms with Gasteiger partial charge in [-0.15, -0.1) is 0 Å². The Morgan fingerprint density at radius 2 is 1.93 bits per heavy atom. The Morgan fingerprint density at radius 3 is 2.27 bits per heavy atom. The summed E-state index contributed by atoms with van der Waals surface area (Å²) >= 11 is 0. The van der Waals surface area contributed by atoms with Gasteiger partial charge in [-0.3, -0.25) is 4.79 Å². The Kier molecular flexibility index (Phi) is 3.26. The van der Waals surface area contributed by atoms with Gasteiger partial charge in [0.1, 0.15) is 0 Å². The first kappa shape index (κ1) is 12.7. The number of carbonyl (C=O) groups is 1. The van der Waals surface area contributed by atoms with Crippen LogP contribution in [0.1, 0.15) is 34.1 Å². The van der Waals surface area contributed by atoms with E-state index in [2.05, 4.69) is 33.9 Å². The summed E-state index contributed by atoms with van der Waals surface area (Å²) in [6.07, 6.45) is 2.54. The molecular formula is C12H22O2Si. The van der Waals surface area contributed by atoms with Gasteiger partial charge in [-0.05, 0) is 30.6 Å². The second kappa shape index (κ2) is 3.87. The average molecular weight is 226 g/mol. The van der Waals surface area contributed by atoms with E-state index in [0.717, 1.165) is 5.57 Å². The molecular weight excluding hydrogens is 204 g/mol. The molecule has 0 spiro atoms. The Labute approximate surface area is 93.8 Å². The maximum atomic E-state index is 11.4. The topological polar surface area (TPSA) is 26.3 Å². The molecule has 0 N–H and O–H groups in total. The van der Waals surface area contributed by atoms with Crippen molar-refractivity contribution in [3.8, 4) is 0 Å². The van der Waals surface area contributed by atoms with Gasteiger partial charge in [-0.25, -0.2) is 0 Å². The third-order valence-corrected chi connectivity index (χ3v) is 8.02. The van der Waals surface area contributed by atoms with Crippen molar-refractivity contribution in [1.29, 1.82) is 0 Å². The molecule has 0 aromatic heterocycles. The van der Waals surface area contributed by atoms with E-state index in [1.54, 1.807) is 0 Å². The zero-order chi connectivity index (χ0) is 11.9. The van der Waals surface area contributed by atoms with Crippen LogP contribution in [0.15, 0.2) is 11.6 Å². The van der Waals surface area contributed by atoms with Crippen molar-refractivity contribution in [2.75, 3.05) is 0 Å². The lowest BCUT2D eigenvalue weighted by atomic mass is 10.2. The number of Topliss-reactive ketones (excluding diaryl/α,β-unsaturated/α-hetero) is 1. The van der Waals surface area contributed by atoms with Crippen LogP contribution < -0.4 is 0 Å². The summed E-state index contributed by atoms with van der Waals surface area (Å²) < 4.78 is 6.15. The van der Waals surface area contributed by atoms with E-state index < -0.39 is 8.32 Å². The Balaban J connectivity index is 2.69. The SMILES string of the molecule is CC1=C[C@@H](O[Si](C)(C)C(C)(C)C)CC1=O. The van der Waals surface area contributed by atoms with E-state index in [1.807, 2.05) is 13.0 Å². The van der Waals surface area contributed by atoms with Crippen molar-refractivity contribution < 1.29 is 9.22 Å². The lowest BCUT2D eigenvalue weighted by Crippen LogP contribution is -2.43. The molecule has 86 valence electrons. The molecule has 0 saturated heterocycles. The highest BCUT2D eigenvalue weighted by atomic mass is 28.4. The zero-order valence-electron chi connectivity index (χ0n) is 10.7. The summed E-state index contributed by atoms with van der Waals surface area (Å²) in [6.45, 7) is 13.0. The molecule has 1 rings (SSSR count). The lowest BCUT2D eigenvalue weighted by molar-refractivity contribution is -0.115. The second-order valence-corrected chi connectivity index (χ2v) is 10.6. The van der Waals surface area contributed by atoms with Crippen LogP contribution in [-0.4, -0.2) is 20.2 Å². The number of carbonyl (C=O) groups excluding carboxylic acids is 1. The predicted molar refractivity (Wildman–Crippen MR) is 65.5 cm³/mol. The van der Waals surface area contributed by atoms with Crippen molar-refractivity contribution in [3.05, 3.63) is 11.6 Å². The minimum Gasteiger partial charge on any atom is -0.410 e. The molecule has 0 heterocycles. The minimum absolute atomic E-state index is 0.0263. The molecule has 3 heteroatoms. The average Bonchev–Trinajstić information content (AvgIpc) is 2.27. The van der Waals surface area contributed by atoms with E-state index >= 15 is 0 Å². The summed E-state index contributed by atoms with van der Waals surface area (Å²) in [5.41, 5.74) is 0.860. The first-order chi connectivity index (χ1) is 6.63. The molecule has 0 aromatic carbocycles. The highest BCUT2D eigenvalue weighted by molar-refractivity contribution is 6.74. The molecule has 0 bridgehead atoms. The molecule has 0 saturated carbocycles. The van der Waals surface area contributed by atoms with E-state index in [1.165, 1.54) is 0 Å². The van der Waals surface area contributed by atoms with Crippen molar-refractivity contribution in [2.45, 2.75) is 58.4 Å². The fourth-order valence-corrected chi connectivity index (χ4v) is 2.67. The molecule has 2 nitrogen and oxygen atoms in total. The fraction of sp³-hybridized carbons (Fsp3) is 0.750. The second-order valence-electron chi connectivity index (χ2n) is 5.89. The van der Waals surface area contributed by atoms with Crippen LogP contribution in [0.25, 0.3) is 0 Å². The normalized spacial score (nSPS) is 23.2. The van der Waals surface area contributed by atoms with Gasteiger partial charge in [0.15, 0.2) is 14.1 Å². The molecule has 0 aromatic rings. The van der Waals surface area contributed by atoms with Gasteiger partial charge in [0.25, 0.3) is 0 Å². The third-order valence-electron chi connectivity index (χ3n) is 3.51. The Morgan fingerprint density at radius 1 is 1.40 bits per heavy atom. The van der Waals surface area contributed by atoms with Crippen LogP contribution in [-0.2, 0) is 9.22 Å². The van der Waals surface area contributed by atoms with Crippen LogP contribution in [0, 0.1) is 0 Å². The first-order valence-corrected chi connectivity index (χ1v) is 8.44. The van der Waals surface area contributed by atoms with Gasteiger partial charge in [-0.2, -0.15) is 0 Å². The van der Waals surface area contributed by atoms with Gasteiger partial charge in [0, 0.05) is 6.42 Å². The van der Waals surface area contributed by atoms with Crippen molar-refractivity contribution in [2.24, 2.45) is 0 Å². The molecule has 0 amide bonds. The molecule has 1 atom stereocenters. The molecule has 1 aliphatic carbocycles. The number of rotatable bonds is 2. The summed E-state index contributed by atoms with van der Waals surface area (Å²) in [4.78, 5) is 11.4. The lowest BCUT2D eigenvalue weighted by Gasteiger charge is -2.37. The summed E-state index contributed by atoms with van der Waals surface area (Å²) in [5.74, 6) is 0.235. The van der Waals surface area contributed by atoms with E-state index in [-0.39, 0.29) is 16.9 Å². The number of ketones is 1. The van der Waals surface area contributed by atoms with Crippen LogP contribution in [0.2, 0.25) is 18.1 Å². The molecule has 15 heavy (non-hydrogen) atoms. The minimum atomic E-state index is -1.73. The van der Waals surface area contributed by atoms with Crippen LogP contribution in [0.3, 0.4) is 0 Å². The van der Waals surface area contributed by atoms with Crippen LogP contribution in [0.4, 0.5) is 0 Å². The largest absolute Gasteiger partial charge is 0.410 e.